The average Bonchev–Trinajstić information content (AvgIpc) is 2.57. The summed E-state index contributed by atoms with van der Waals surface area (Å²) in [7, 11) is 0. The molecule has 5 heteroatoms. The third-order valence-corrected chi connectivity index (χ3v) is 4.78. The molecule has 0 radical (unpaired) electrons. The van der Waals surface area contributed by atoms with Gasteiger partial charge in [0.05, 0.1) is 12.0 Å². The van der Waals surface area contributed by atoms with Crippen LogP contribution in [0.5, 0.6) is 0 Å². The lowest BCUT2D eigenvalue weighted by Gasteiger charge is -2.52. The first-order chi connectivity index (χ1) is 9.40. The zero-order chi connectivity index (χ0) is 15.0. The molecule has 5 nitrogen and oxygen atoms in total. The molecule has 0 aromatic heterocycles. The fraction of sp³-hybridized carbons (Fsp3) is 0.733. The molecule has 0 aromatic rings. The van der Waals surface area contributed by atoms with Gasteiger partial charge in [-0.05, 0) is 40.0 Å². The first-order valence-electron chi connectivity index (χ1n) is 7.25. The molecule has 2 rings (SSSR count). The van der Waals surface area contributed by atoms with Gasteiger partial charge in [-0.25, -0.2) is 4.79 Å². The molecule has 2 fully saturated rings. The molecule has 0 bridgehead atoms. The number of hydrogen-bond donors (Lipinski definition) is 2. The predicted octanol–water partition coefficient (Wildman–Crippen LogP) is 1.30. The molecule has 2 aliphatic rings. The van der Waals surface area contributed by atoms with Gasteiger partial charge >= 0.3 is 5.97 Å². The van der Waals surface area contributed by atoms with Gasteiger partial charge in [0.2, 0.25) is 11.4 Å². The summed E-state index contributed by atoms with van der Waals surface area (Å²) >= 11 is 0. The first kappa shape index (κ1) is 15.0. The van der Waals surface area contributed by atoms with E-state index in [4.69, 9.17) is 4.74 Å². The second-order valence-corrected chi connectivity index (χ2v) is 5.88. The van der Waals surface area contributed by atoms with Crippen molar-refractivity contribution in [3.05, 3.63) is 12.2 Å². The number of allylic oxidation sites excluding steroid dienone is 2. The number of unbranched alkanes of at least 4 members (excludes halogenated alkanes) is 2. The molecule has 0 aliphatic carbocycles. The zero-order valence-electron chi connectivity index (χ0n) is 12.3. The summed E-state index contributed by atoms with van der Waals surface area (Å²) < 4.78 is 5.21. The van der Waals surface area contributed by atoms with E-state index >= 15 is 0 Å². The third kappa shape index (κ3) is 1.87. The van der Waals surface area contributed by atoms with Crippen LogP contribution in [0.4, 0.5) is 0 Å². The van der Waals surface area contributed by atoms with Crippen LogP contribution in [0.15, 0.2) is 12.2 Å². The number of fused-ring (bicyclic) bond motifs is 1. The number of nitrogens with one attached hydrogen (secondary N) is 1. The molecule has 112 valence electrons. The van der Waals surface area contributed by atoms with E-state index in [0.717, 1.165) is 19.3 Å². The monoisotopic (exact) mass is 281 g/mol. The summed E-state index contributed by atoms with van der Waals surface area (Å²) in [4.78, 5) is 23.7. The van der Waals surface area contributed by atoms with E-state index < -0.39 is 29.1 Å². The predicted molar refractivity (Wildman–Crippen MR) is 73.8 cm³/mol. The van der Waals surface area contributed by atoms with Crippen LogP contribution >= 0.6 is 0 Å². The normalized spacial score (nSPS) is 37.3. The molecular formula is C15H23NO4. The maximum Gasteiger partial charge on any atom is 0.339 e. The van der Waals surface area contributed by atoms with Crippen LogP contribution in [0, 0.1) is 5.92 Å². The Bertz CT molecular complexity index is 447. The molecular weight excluding hydrogens is 258 g/mol. The minimum Gasteiger partial charge on any atom is -0.453 e. The summed E-state index contributed by atoms with van der Waals surface area (Å²) in [5.74, 6) is -1.18. The maximum absolute atomic E-state index is 11.9. The highest BCUT2D eigenvalue weighted by Crippen LogP contribution is 2.50. The van der Waals surface area contributed by atoms with Crippen molar-refractivity contribution in [2.75, 3.05) is 0 Å². The lowest BCUT2D eigenvalue weighted by Crippen LogP contribution is -2.78. The second kappa shape index (κ2) is 5.20. The van der Waals surface area contributed by atoms with E-state index in [1.165, 1.54) is 0 Å². The Morgan fingerprint density at radius 3 is 2.70 bits per heavy atom. The molecule has 2 aliphatic heterocycles. The standard InChI is InChI=1S/C15H23NO4/c1-4-5-6-7-8-9-11(17)15-13(19)20-14(15,3)10(2)12(18)16-15/h4-5,10-11,17H,6-9H2,1-3H3,(H,16,18)/b5-4-/t10-,11-,14+,15?/m0/s1. The highest BCUT2D eigenvalue weighted by Gasteiger charge is 2.77. The Morgan fingerprint density at radius 1 is 1.45 bits per heavy atom. The molecule has 4 atom stereocenters. The van der Waals surface area contributed by atoms with Gasteiger partial charge in [-0.1, -0.05) is 18.6 Å². The lowest BCUT2D eigenvalue weighted by atomic mass is 9.68. The summed E-state index contributed by atoms with van der Waals surface area (Å²) in [6.45, 7) is 5.42. The quantitative estimate of drug-likeness (QED) is 0.437. The Morgan fingerprint density at radius 2 is 2.15 bits per heavy atom. The number of esters is 1. The summed E-state index contributed by atoms with van der Waals surface area (Å²) in [6, 6.07) is 0. The highest BCUT2D eigenvalue weighted by molar-refractivity contribution is 6.01. The molecule has 1 amide bonds. The summed E-state index contributed by atoms with van der Waals surface area (Å²) in [5, 5.41) is 13.1. The lowest BCUT2D eigenvalue weighted by molar-refractivity contribution is -0.234. The fourth-order valence-electron chi connectivity index (χ4n) is 3.20. The molecule has 0 saturated carbocycles. The maximum atomic E-state index is 11.9. The minimum atomic E-state index is -1.25. The highest BCUT2D eigenvalue weighted by atomic mass is 16.6. The number of hydrogen-bond acceptors (Lipinski definition) is 4. The molecule has 0 spiro atoms. The number of carbonyl (C=O) groups is 2. The van der Waals surface area contributed by atoms with Crippen molar-refractivity contribution in [3.63, 3.8) is 0 Å². The SMILES string of the molecule is C/C=C\CCCC[C@H](O)C12NC(=O)[C@H](C)[C@@]1(C)OC2=O. The largest absolute Gasteiger partial charge is 0.453 e. The average molecular weight is 281 g/mol. The van der Waals surface area contributed by atoms with Gasteiger partial charge in [0, 0.05) is 0 Å². The van der Waals surface area contributed by atoms with Crippen molar-refractivity contribution in [1.29, 1.82) is 0 Å². The smallest absolute Gasteiger partial charge is 0.339 e. The molecule has 20 heavy (non-hydrogen) atoms. The van der Waals surface area contributed by atoms with Gasteiger partial charge in [-0.3, -0.25) is 4.79 Å². The Hall–Kier alpha value is -1.36. The number of aliphatic hydroxyl groups excluding tert-OH is 1. The van der Waals surface area contributed by atoms with Gasteiger partial charge < -0.3 is 15.2 Å². The van der Waals surface area contributed by atoms with E-state index in [1.54, 1.807) is 13.8 Å². The van der Waals surface area contributed by atoms with Crippen molar-refractivity contribution in [3.8, 4) is 0 Å². The Labute approximate surface area is 119 Å². The Kier molecular flexibility index (Phi) is 3.91. The fourth-order valence-corrected chi connectivity index (χ4v) is 3.20. The van der Waals surface area contributed by atoms with E-state index in [-0.39, 0.29) is 5.91 Å². The van der Waals surface area contributed by atoms with Crippen LogP contribution in [0.1, 0.15) is 46.5 Å². The topological polar surface area (TPSA) is 75.6 Å². The molecule has 0 aromatic carbocycles. The van der Waals surface area contributed by atoms with Gasteiger partial charge in [0.1, 0.15) is 0 Å². The molecule has 2 N–H and O–H groups in total. The van der Waals surface area contributed by atoms with E-state index in [1.807, 2.05) is 13.0 Å². The van der Waals surface area contributed by atoms with Crippen molar-refractivity contribution >= 4 is 11.9 Å². The summed E-state index contributed by atoms with van der Waals surface area (Å²) in [5.41, 5.74) is -2.17. The van der Waals surface area contributed by atoms with Gasteiger partial charge in [0.15, 0.2) is 5.60 Å². The van der Waals surface area contributed by atoms with Crippen molar-refractivity contribution in [1.82, 2.24) is 5.32 Å². The van der Waals surface area contributed by atoms with E-state index in [9.17, 15) is 14.7 Å². The number of amides is 1. The van der Waals surface area contributed by atoms with Crippen LogP contribution in [-0.2, 0) is 14.3 Å². The second-order valence-electron chi connectivity index (χ2n) is 5.88. The van der Waals surface area contributed by atoms with Crippen LogP contribution in [0.25, 0.3) is 0 Å². The third-order valence-electron chi connectivity index (χ3n) is 4.78. The minimum absolute atomic E-state index is 0.230. The van der Waals surface area contributed by atoms with E-state index in [0.29, 0.717) is 6.42 Å². The van der Waals surface area contributed by atoms with Crippen molar-refractivity contribution in [2.45, 2.75) is 63.7 Å². The van der Waals surface area contributed by atoms with Crippen LogP contribution < -0.4 is 5.32 Å². The van der Waals surface area contributed by atoms with Crippen LogP contribution in [0.3, 0.4) is 0 Å². The first-order valence-corrected chi connectivity index (χ1v) is 7.25. The number of aliphatic hydroxyl groups is 1. The van der Waals surface area contributed by atoms with Crippen molar-refractivity contribution < 1.29 is 19.4 Å². The molecule has 1 unspecified atom stereocenters. The molecule has 2 saturated heterocycles. The molecule has 2 heterocycles. The van der Waals surface area contributed by atoms with Gasteiger partial charge in [-0.2, -0.15) is 0 Å². The van der Waals surface area contributed by atoms with E-state index in [2.05, 4.69) is 11.4 Å². The van der Waals surface area contributed by atoms with Gasteiger partial charge in [-0.15, -0.1) is 0 Å². The zero-order valence-corrected chi connectivity index (χ0v) is 12.3. The number of rotatable bonds is 6. The van der Waals surface area contributed by atoms with Gasteiger partial charge in [0.25, 0.3) is 0 Å². The van der Waals surface area contributed by atoms with Crippen LogP contribution in [0.2, 0.25) is 0 Å². The number of carbonyl (C=O) groups excluding carboxylic acids is 2. The summed E-state index contributed by atoms with van der Waals surface area (Å²) in [6.07, 6.45) is 6.37. The van der Waals surface area contributed by atoms with Crippen molar-refractivity contribution in [2.24, 2.45) is 5.92 Å². The Balaban J connectivity index is 2.02. The number of ether oxygens (including phenoxy) is 1. The van der Waals surface area contributed by atoms with Crippen LogP contribution in [-0.4, -0.2) is 34.2 Å².